The summed E-state index contributed by atoms with van der Waals surface area (Å²) in [7, 11) is 0. The molecular formula is C16H23N5. The van der Waals surface area contributed by atoms with E-state index in [1.807, 2.05) is 0 Å². The smallest absolute Gasteiger partial charge is 0.143 e. The van der Waals surface area contributed by atoms with E-state index in [4.69, 9.17) is 0 Å². The Bertz CT molecular complexity index is 578. The second-order valence-electron chi connectivity index (χ2n) is 6.21. The molecule has 1 aromatic carbocycles. The average molecular weight is 285 g/mol. The minimum atomic E-state index is 0.583. The molecule has 2 atom stereocenters. The Labute approximate surface area is 125 Å². The van der Waals surface area contributed by atoms with Crippen molar-refractivity contribution in [2.45, 2.75) is 52.0 Å². The van der Waals surface area contributed by atoms with Crippen molar-refractivity contribution in [1.29, 1.82) is 0 Å². The first-order valence-corrected chi connectivity index (χ1v) is 7.83. The average Bonchev–Trinajstić information content (AvgIpc) is 2.93. The van der Waals surface area contributed by atoms with Gasteiger partial charge in [0.15, 0.2) is 0 Å². The largest absolute Gasteiger partial charge is 0.382 e. The zero-order valence-corrected chi connectivity index (χ0v) is 12.8. The Morgan fingerprint density at radius 1 is 1.19 bits per heavy atom. The van der Waals surface area contributed by atoms with Crippen LogP contribution in [0.5, 0.6) is 0 Å². The minimum Gasteiger partial charge on any atom is -0.382 e. The molecule has 3 rings (SSSR count). The van der Waals surface area contributed by atoms with Gasteiger partial charge in [-0.15, -0.1) is 5.10 Å². The first-order chi connectivity index (χ1) is 10.2. The Hall–Kier alpha value is -1.91. The third kappa shape index (κ3) is 3.40. The van der Waals surface area contributed by atoms with E-state index in [0.717, 1.165) is 17.3 Å². The maximum Gasteiger partial charge on any atom is 0.143 e. The predicted octanol–water partition coefficient (Wildman–Crippen LogP) is 3.35. The second-order valence-corrected chi connectivity index (χ2v) is 6.21. The number of rotatable bonds is 3. The molecule has 1 saturated carbocycles. The molecule has 0 radical (unpaired) electrons. The van der Waals surface area contributed by atoms with Crippen LogP contribution < -0.4 is 5.32 Å². The van der Waals surface area contributed by atoms with Gasteiger partial charge in [-0.1, -0.05) is 25.8 Å². The second kappa shape index (κ2) is 6.24. The first kappa shape index (κ1) is 14.0. The van der Waals surface area contributed by atoms with Crippen molar-refractivity contribution in [1.82, 2.24) is 20.2 Å². The van der Waals surface area contributed by atoms with E-state index in [9.17, 15) is 0 Å². The van der Waals surface area contributed by atoms with Crippen LogP contribution in [-0.4, -0.2) is 26.2 Å². The van der Waals surface area contributed by atoms with Crippen molar-refractivity contribution in [2.24, 2.45) is 5.92 Å². The first-order valence-electron chi connectivity index (χ1n) is 7.83. The highest BCUT2D eigenvalue weighted by Crippen LogP contribution is 2.26. The van der Waals surface area contributed by atoms with Crippen LogP contribution in [0.2, 0.25) is 0 Å². The maximum absolute atomic E-state index is 3.99. The van der Waals surface area contributed by atoms with Crippen LogP contribution in [0.15, 0.2) is 24.5 Å². The fraction of sp³-hybridized carbons (Fsp3) is 0.562. The molecule has 5 heteroatoms. The van der Waals surface area contributed by atoms with Crippen molar-refractivity contribution in [3.05, 3.63) is 30.1 Å². The van der Waals surface area contributed by atoms with Gasteiger partial charge in [0.25, 0.3) is 0 Å². The predicted molar refractivity (Wildman–Crippen MR) is 83.6 cm³/mol. The highest BCUT2D eigenvalue weighted by molar-refractivity contribution is 5.54. The van der Waals surface area contributed by atoms with E-state index >= 15 is 0 Å². The molecule has 1 aliphatic carbocycles. The van der Waals surface area contributed by atoms with Crippen LogP contribution in [0, 0.1) is 12.8 Å². The number of nitrogens with zero attached hydrogens (tertiary/aromatic N) is 4. The molecule has 2 aromatic rings. The monoisotopic (exact) mass is 285 g/mol. The van der Waals surface area contributed by atoms with Gasteiger partial charge in [-0.2, -0.15) is 0 Å². The summed E-state index contributed by atoms with van der Waals surface area (Å²) in [6, 6.07) is 7.00. The zero-order chi connectivity index (χ0) is 14.7. The summed E-state index contributed by atoms with van der Waals surface area (Å²) in [6.07, 6.45) is 8.17. The number of anilines is 1. The number of hydrogen-bond donors (Lipinski definition) is 1. The molecule has 0 amide bonds. The SMILES string of the molecule is Cc1ccc(NC2CCCC(C)CC2)cc1-n1cnnn1. The Balaban J connectivity index is 1.75. The lowest BCUT2D eigenvalue weighted by atomic mass is 10.0. The molecule has 21 heavy (non-hydrogen) atoms. The van der Waals surface area contributed by atoms with Crippen LogP contribution in [0.25, 0.3) is 5.69 Å². The Morgan fingerprint density at radius 2 is 2.10 bits per heavy atom. The fourth-order valence-corrected chi connectivity index (χ4v) is 3.08. The molecule has 1 heterocycles. The van der Waals surface area contributed by atoms with Crippen molar-refractivity contribution in [3.63, 3.8) is 0 Å². The molecule has 2 unspecified atom stereocenters. The summed E-state index contributed by atoms with van der Waals surface area (Å²) in [5, 5.41) is 15.1. The molecule has 0 bridgehead atoms. The molecule has 5 nitrogen and oxygen atoms in total. The third-order valence-electron chi connectivity index (χ3n) is 4.43. The standard InChI is InChI=1S/C16H23N5/c1-12-4-3-5-14(8-6-12)18-15-9-7-13(2)16(10-15)21-11-17-19-20-21/h7,9-12,14,18H,3-6,8H2,1-2H3. The van der Waals surface area contributed by atoms with E-state index in [1.54, 1.807) is 11.0 Å². The van der Waals surface area contributed by atoms with Crippen molar-refractivity contribution >= 4 is 5.69 Å². The minimum absolute atomic E-state index is 0.583. The molecule has 1 aliphatic rings. The Morgan fingerprint density at radius 3 is 2.90 bits per heavy atom. The number of aromatic nitrogens is 4. The molecule has 1 N–H and O–H groups in total. The number of tetrazole rings is 1. The van der Waals surface area contributed by atoms with Crippen LogP contribution >= 0.6 is 0 Å². The van der Waals surface area contributed by atoms with E-state index in [2.05, 4.69) is 52.9 Å². The third-order valence-corrected chi connectivity index (χ3v) is 4.43. The van der Waals surface area contributed by atoms with Gasteiger partial charge in [0.1, 0.15) is 6.33 Å². The van der Waals surface area contributed by atoms with Crippen molar-refractivity contribution < 1.29 is 0 Å². The van der Waals surface area contributed by atoms with Gasteiger partial charge < -0.3 is 5.32 Å². The van der Waals surface area contributed by atoms with Gasteiger partial charge in [-0.3, -0.25) is 0 Å². The normalized spacial score (nSPS) is 22.8. The summed E-state index contributed by atoms with van der Waals surface area (Å²) in [4.78, 5) is 0. The molecule has 0 spiro atoms. The summed E-state index contributed by atoms with van der Waals surface area (Å²) < 4.78 is 1.72. The molecule has 112 valence electrons. The van der Waals surface area contributed by atoms with Crippen molar-refractivity contribution in [2.75, 3.05) is 5.32 Å². The molecular weight excluding hydrogens is 262 g/mol. The van der Waals surface area contributed by atoms with E-state index < -0.39 is 0 Å². The summed E-state index contributed by atoms with van der Waals surface area (Å²) in [5.41, 5.74) is 3.36. The lowest BCUT2D eigenvalue weighted by Gasteiger charge is -2.19. The number of hydrogen-bond acceptors (Lipinski definition) is 4. The summed E-state index contributed by atoms with van der Waals surface area (Å²) in [5.74, 6) is 0.867. The van der Waals surface area contributed by atoms with Crippen LogP contribution in [-0.2, 0) is 0 Å². The van der Waals surface area contributed by atoms with E-state index in [-0.39, 0.29) is 0 Å². The number of nitrogens with one attached hydrogen (secondary N) is 1. The van der Waals surface area contributed by atoms with Crippen LogP contribution in [0.3, 0.4) is 0 Å². The number of aryl methyl sites for hydroxylation is 1. The maximum atomic E-state index is 3.99. The van der Waals surface area contributed by atoms with Gasteiger partial charge in [0, 0.05) is 11.7 Å². The van der Waals surface area contributed by atoms with Gasteiger partial charge in [0.2, 0.25) is 0 Å². The van der Waals surface area contributed by atoms with Gasteiger partial charge >= 0.3 is 0 Å². The van der Waals surface area contributed by atoms with E-state index in [0.29, 0.717) is 6.04 Å². The zero-order valence-electron chi connectivity index (χ0n) is 12.8. The van der Waals surface area contributed by atoms with Crippen molar-refractivity contribution in [3.8, 4) is 5.69 Å². The van der Waals surface area contributed by atoms with Gasteiger partial charge in [-0.25, -0.2) is 4.68 Å². The lowest BCUT2D eigenvalue weighted by molar-refractivity contribution is 0.502. The van der Waals surface area contributed by atoms with Gasteiger partial charge in [-0.05, 0) is 60.2 Å². The Kier molecular flexibility index (Phi) is 4.18. The quantitative estimate of drug-likeness (QED) is 0.879. The molecule has 1 fully saturated rings. The lowest BCUT2D eigenvalue weighted by Crippen LogP contribution is -2.18. The summed E-state index contributed by atoms with van der Waals surface area (Å²) in [6.45, 7) is 4.44. The fourth-order valence-electron chi connectivity index (χ4n) is 3.08. The highest BCUT2D eigenvalue weighted by Gasteiger charge is 2.16. The topological polar surface area (TPSA) is 55.6 Å². The molecule has 0 saturated heterocycles. The van der Waals surface area contributed by atoms with Gasteiger partial charge in [0.05, 0.1) is 5.69 Å². The van der Waals surface area contributed by atoms with Crippen LogP contribution in [0.4, 0.5) is 5.69 Å². The molecule has 0 aliphatic heterocycles. The summed E-state index contributed by atoms with van der Waals surface area (Å²) >= 11 is 0. The highest BCUT2D eigenvalue weighted by atomic mass is 15.5. The number of benzene rings is 1. The van der Waals surface area contributed by atoms with E-state index in [1.165, 1.54) is 37.7 Å². The molecule has 1 aromatic heterocycles. The van der Waals surface area contributed by atoms with Crippen LogP contribution in [0.1, 0.15) is 44.6 Å².